The van der Waals surface area contributed by atoms with Crippen LogP contribution < -0.4 is 5.32 Å². The molecule has 1 saturated heterocycles. The Labute approximate surface area is 144 Å². The number of aryl methyl sites for hydroxylation is 1. The molecule has 0 aliphatic carbocycles. The molecule has 4 nitrogen and oxygen atoms in total. The van der Waals surface area contributed by atoms with Gasteiger partial charge in [-0.25, -0.2) is 8.78 Å². The van der Waals surface area contributed by atoms with Crippen molar-refractivity contribution >= 4 is 17.5 Å². The van der Waals surface area contributed by atoms with Gasteiger partial charge in [0, 0.05) is 25.6 Å². The SMILES string of the molecule is Cc1ccc(CN2CC(C(=O)Nc3cc(F)ccc3F)CC2=O)cc1. The number of halogens is 2. The number of hydrogen-bond acceptors (Lipinski definition) is 2. The highest BCUT2D eigenvalue weighted by atomic mass is 19.1. The van der Waals surface area contributed by atoms with Crippen LogP contribution in [-0.4, -0.2) is 23.3 Å². The second-order valence-electron chi connectivity index (χ2n) is 6.27. The van der Waals surface area contributed by atoms with Crippen molar-refractivity contribution in [2.24, 2.45) is 5.92 Å². The summed E-state index contributed by atoms with van der Waals surface area (Å²) >= 11 is 0. The van der Waals surface area contributed by atoms with E-state index in [1.807, 2.05) is 31.2 Å². The number of anilines is 1. The van der Waals surface area contributed by atoms with Crippen LogP contribution in [-0.2, 0) is 16.1 Å². The van der Waals surface area contributed by atoms with Gasteiger partial charge >= 0.3 is 0 Å². The molecule has 6 heteroatoms. The lowest BCUT2D eigenvalue weighted by Crippen LogP contribution is -2.28. The standard InChI is InChI=1S/C19H18F2N2O2/c1-12-2-4-13(5-3-12)10-23-11-14(8-18(23)24)19(25)22-17-9-15(20)6-7-16(17)21/h2-7,9,14H,8,10-11H2,1H3,(H,22,25). The molecule has 25 heavy (non-hydrogen) atoms. The van der Waals surface area contributed by atoms with Gasteiger partial charge in [0.2, 0.25) is 11.8 Å². The number of nitrogens with zero attached hydrogens (tertiary/aromatic N) is 1. The van der Waals surface area contributed by atoms with E-state index in [4.69, 9.17) is 0 Å². The number of rotatable bonds is 4. The van der Waals surface area contributed by atoms with Crippen LogP contribution >= 0.6 is 0 Å². The van der Waals surface area contributed by atoms with Crippen molar-refractivity contribution < 1.29 is 18.4 Å². The minimum Gasteiger partial charge on any atom is -0.338 e. The molecule has 2 aromatic rings. The summed E-state index contributed by atoms with van der Waals surface area (Å²) in [6.45, 7) is 2.67. The van der Waals surface area contributed by atoms with E-state index in [2.05, 4.69) is 5.32 Å². The zero-order chi connectivity index (χ0) is 18.0. The van der Waals surface area contributed by atoms with Gasteiger partial charge in [0.1, 0.15) is 11.6 Å². The minimum absolute atomic E-state index is 0.0641. The van der Waals surface area contributed by atoms with E-state index in [9.17, 15) is 18.4 Å². The molecule has 130 valence electrons. The monoisotopic (exact) mass is 344 g/mol. The maximum atomic E-state index is 13.6. The summed E-state index contributed by atoms with van der Waals surface area (Å²) < 4.78 is 26.8. The summed E-state index contributed by atoms with van der Waals surface area (Å²) in [7, 11) is 0. The first-order valence-electron chi connectivity index (χ1n) is 8.01. The van der Waals surface area contributed by atoms with Crippen molar-refractivity contribution in [3.8, 4) is 0 Å². The predicted octanol–water partition coefficient (Wildman–Crippen LogP) is 3.26. The topological polar surface area (TPSA) is 49.4 Å². The lowest BCUT2D eigenvalue weighted by molar-refractivity contribution is -0.128. The fraction of sp³-hybridized carbons (Fsp3) is 0.263. The van der Waals surface area contributed by atoms with E-state index in [0.29, 0.717) is 6.54 Å². The summed E-state index contributed by atoms with van der Waals surface area (Å²) in [5, 5.41) is 2.37. The van der Waals surface area contributed by atoms with E-state index in [-0.39, 0.29) is 24.6 Å². The number of hydrogen-bond donors (Lipinski definition) is 1. The van der Waals surface area contributed by atoms with Gasteiger partial charge in [-0.2, -0.15) is 0 Å². The van der Waals surface area contributed by atoms with Gasteiger partial charge in [-0.1, -0.05) is 29.8 Å². The molecule has 0 bridgehead atoms. The van der Waals surface area contributed by atoms with Crippen LogP contribution in [0.5, 0.6) is 0 Å². The smallest absolute Gasteiger partial charge is 0.229 e. The van der Waals surface area contributed by atoms with Crippen molar-refractivity contribution in [3.63, 3.8) is 0 Å². The van der Waals surface area contributed by atoms with Crippen LogP contribution in [0.3, 0.4) is 0 Å². The second kappa shape index (κ2) is 7.01. The maximum absolute atomic E-state index is 13.6. The number of carbonyl (C=O) groups is 2. The van der Waals surface area contributed by atoms with Crippen LogP contribution in [0, 0.1) is 24.5 Å². The molecule has 1 aliphatic heterocycles. The Morgan fingerprint density at radius 3 is 2.64 bits per heavy atom. The maximum Gasteiger partial charge on any atom is 0.229 e. The van der Waals surface area contributed by atoms with Crippen LogP contribution in [0.15, 0.2) is 42.5 Å². The van der Waals surface area contributed by atoms with Crippen molar-refractivity contribution in [3.05, 3.63) is 65.2 Å². The molecule has 2 aromatic carbocycles. The predicted molar refractivity (Wildman–Crippen MR) is 89.7 cm³/mol. The summed E-state index contributed by atoms with van der Waals surface area (Å²) in [4.78, 5) is 26.0. The van der Waals surface area contributed by atoms with Crippen molar-refractivity contribution in [1.29, 1.82) is 0 Å². The Bertz CT molecular complexity index is 806. The highest BCUT2D eigenvalue weighted by Gasteiger charge is 2.34. The zero-order valence-corrected chi connectivity index (χ0v) is 13.8. The molecule has 2 amide bonds. The summed E-state index contributed by atoms with van der Waals surface area (Å²) in [6.07, 6.45) is 0.0641. The van der Waals surface area contributed by atoms with Crippen LogP contribution in [0.25, 0.3) is 0 Å². The lowest BCUT2D eigenvalue weighted by atomic mass is 10.1. The number of likely N-dealkylation sites (tertiary alicyclic amines) is 1. The Morgan fingerprint density at radius 1 is 1.20 bits per heavy atom. The van der Waals surface area contributed by atoms with Gasteiger partial charge in [-0.15, -0.1) is 0 Å². The molecule has 3 rings (SSSR count). The second-order valence-corrected chi connectivity index (χ2v) is 6.27. The van der Waals surface area contributed by atoms with Crippen LogP contribution in [0.2, 0.25) is 0 Å². The normalized spacial score (nSPS) is 17.0. The van der Waals surface area contributed by atoms with E-state index in [1.54, 1.807) is 4.90 Å². The van der Waals surface area contributed by atoms with E-state index in [0.717, 1.165) is 29.3 Å². The first-order chi connectivity index (χ1) is 11.9. The molecular formula is C19H18F2N2O2. The molecule has 1 heterocycles. The molecule has 1 fully saturated rings. The fourth-order valence-electron chi connectivity index (χ4n) is 2.84. The highest BCUT2D eigenvalue weighted by molar-refractivity contribution is 5.97. The average Bonchev–Trinajstić information content (AvgIpc) is 2.94. The molecule has 1 atom stereocenters. The first-order valence-corrected chi connectivity index (χ1v) is 8.01. The van der Waals surface area contributed by atoms with E-state index in [1.165, 1.54) is 0 Å². The average molecular weight is 344 g/mol. The molecule has 1 unspecified atom stereocenters. The Hall–Kier alpha value is -2.76. The molecule has 0 radical (unpaired) electrons. The third-order valence-corrected chi connectivity index (χ3v) is 4.27. The number of amides is 2. The number of benzene rings is 2. The molecule has 0 saturated carbocycles. The first kappa shape index (κ1) is 17.1. The van der Waals surface area contributed by atoms with Gasteiger partial charge < -0.3 is 10.2 Å². The molecular weight excluding hydrogens is 326 g/mol. The van der Waals surface area contributed by atoms with Crippen molar-refractivity contribution in [1.82, 2.24) is 4.90 Å². The summed E-state index contributed by atoms with van der Waals surface area (Å²) in [5.74, 6) is -2.54. The highest BCUT2D eigenvalue weighted by Crippen LogP contribution is 2.23. The largest absolute Gasteiger partial charge is 0.338 e. The summed E-state index contributed by atoms with van der Waals surface area (Å²) in [6, 6.07) is 10.7. The van der Waals surface area contributed by atoms with Crippen molar-refractivity contribution in [2.45, 2.75) is 19.9 Å². The Kier molecular flexibility index (Phi) is 4.79. The number of nitrogens with one attached hydrogen (secondary N) is 1. The fourth-order valence-corrected chi connectivity index (χ4v) is 2.84. The molecule has 0 spiro atoms. The molecule has 1 N–H and O–H groups in total. The van der Waals surface area contributed by atoms with E-state index < -0.39 is 23.5 Å². The quantitative estimate of drug-likeness (QED) is 0.925. The zero-order valence-electron chi connectivity index (χ0n) is 13.8. The van der Waals surface area contributed by atoms with Crippen LogP contribution in [0.4, 0.5) is 14.5 Å². The number of carbonyl (C=O) groups excluding carboxylic acids is 2. The minimum atomic E-state index is -0.712. The molecule has 0 aromatic heterocycles. The third-order valence-electron chi connectivity index (χ3n) is 4.27. The Balaban J connectivity index is 1.64. The van der Waals surface area contributed by atoms with Gasteiger partial charge in [0.05, 0.1) is 11.6 Å². The van der Waals surface area contributed by atoms with Gasteiger partial charge in [-0.3, -0.25) is 9.59 Å². The Morgan fingerprint density at radius 2 is 1.92 bits per heavy atom. The third kappa shape index (κ3) is 4.02. The van der Waals surface area contributed by atoms with Crippen molar-refractivity contribution in [2.75, 3.05) is 11.9 Å². The van der Waals surface area contributed by atoms with Gasteiger partial charge in [0.15, 0.2) is 0 Å². The van der Waals surface area contributed by atoms with Crippen LogP contribution in [0.1, 0.15) is 17.5 Å². The van der Waals surface area contributed by atoms with Gasteiger partial charge in [0.25, 0.3) is 0 Å². The lowest BCUT2D eigenvalue weighted by Gasteiger charge is -2.17. The van der Waals surface area contributed by atoms with Gasteiger partial charge in [-0.05, 0) is 24.6 Å². The van der Waals surface area contributed by atoms with E-state index >= 15 is 0 Å². The molecule has 1 aliphatic rings. The summed E-state index contributed by atoms with van der Waals surface area (Å²) in [5.41, 5.74) is 1.90.